The van der Waals surface area contributed by atoms with Gasteiger partial charge in [0.1, 0.15) is 0 Å². The molecule has 124 valence electrons. The molecule has 0 aliphatic heterocycles. The molecular formula is C19H24O4. The fraction of sp³-hybridized carbons (Fsp3) is 0.579. The van der Waals surface area contributed by atoms with Crippen molar-refractivity contribution in [1.82, 2.24) is 0 Å². The lowest BCUT2D eigenvalue weighted by molar-refractivity contribution is -0.159. The summed E-state index contributed by atoms with van der Waals surface area (Å²) < 4.78 is 0. The van der Waals surface area contributed by atoms with E-state index in [9.17, 15) is 19.8 Å². The van der Waals surface area contributed by atoms with Crippen molar-refractivity contribution in [3.05, 3.63) is 34.9 Å². The van der Waals surface area contributed by atoms with Gasteiger partial charge in [-0.3, -0.25) is 9.59 Å². The molecule has 0 amide bonds. The Kier molecular flexibility index (Phi) is 3.64. The zero-order chi connectivity index (χ0) is 17.0. The van der Waals surface area contributed by atoms with Crippen molar-refractivity contribution in [2.24, 2.45) is 11.3 Å². The van der Waals surface area contributed by atoms with Gasteiger partial charge in [0.25, 0.3) is 0 Å². The number of carbonyl (C=O) groups excluding carboxylic acids is 1. The molecule has 0 bridgehead atoms. The highest BCUT2D eigenvalue weighted by molar-refractivity contribution is 5.94. The maximum absolute atomic E-state index is 11.9. The third-order valence-electron chi connectivity index (χ3n) is 6.31. The van der Waals surface area contributed by atoms with Gasteiger partial charge in [0.05, 0.1) is 11.5 Å². The Bertz CT molecular complexity index is 680. The number of rotatable bonds is 2. The van der Waals surface area contributed by atoms with Crippen LogP contribution in [0.4, 0.5) is 0 Å². The number of fused-ring (bicyclic) bond motifs is 3. The Morgan fingerprint density at radius 2 is 1.91 bits per heavy atom. The zero-order valence-electron chi connectivity index (χ0n) is 13.9. The van der Waals surface area contributed by atoms with Gasteiger partial charge in [0.15, 0.2) is 5.78 Å². The monoisotopic (exact) mass is 316 g/mol. The van der Waals surface area contributed by atoms with Crippen molar-refractivity contribution in [2.75, 3.05) is 0 Å². The van der Waals surface area contributed by atoms with Crippen LogP contribution in [0.2, 0.25) is 0 Å². The van der Waals surface area contributed by atoms with Crippen LogP contribution in [0.5, 0.6) is 0 Å². The molecule has 1 aromatic rings. The standard InChI is InChI=1S/C19H24O4/c1-11(20)12-5-6-14-13(9-12)15(21)10-16-18(14,2)7-4-8-19(16,3)17(22)23/h5-6,9,15-16,21H,4,7-8,10H2,1-3H3,(H,22,23)/t15-,16-,18-,19-/m1/s1. The third kappa shape index (κ3) is 2.23. The number of benzene rings is 1. The highest BCUT2D eigenvalue weighted by atomic mass is 16.4. The lowest BCUT2D eigenvalue weighted by Crippen LogP contribution is -2.53. The Labute approximate surface area is 136 Å². The minimum Gasteiger partial charge on any atom is -0.481 e. The molecule has 23 heavy (non-hydrogen) atoms. The first-order valence-corrected chi connectivity index (χ1v) is 8.27. The molecule has 0 unspecified atom stereocenters. The SMILES string of the molecule is CC(=O)c1ccc2c(c1)[C@H](O)C[C@H]1[C@](C)(C(=O)O)CCC[C@]21C. The van der Waals surface area contributed by atoms with Crippen molar-refractivity contribution in [1.29, 1.82) is 0 Å². The molecule has 0 spiro atoms. The van der Waals surface area contributed by atoms with Gasteiger partial charge in [-0.05, 0) is 61.6 Å². The number of Topliss-reactive ketones (excluding diaryl/α,β-unsaturated/α-hetero) is 1. The highest BCUT2D eigenvalue weighted by Gasteiger charge is 2.56. The summed E-state index contributed by atoms with van der Waals surface area (Å²) >= 11 is 0. The van der Waals surface area contributed by atoms with E-state index >= 15 is 0 Å². The number of aliphatic hydroxyl groups excluding tert-OH is 1. The summed E-state index contributed by atoms with van der Waals surface area (Å²) in [5.41, 5.74) is 1.33. The van der Waals surface area contributed by atoms with Gasteiger partial charge >= 0.3 is 5.97 Å². The van der Waals surface area contributed by atoms with Gasteiger partial charge in [-0.25, -0.2) is 0 Å². The van der Waals surface area contributed by atoms with Crippen molar-refractivity contribution < 1.29 is 19.8 Å². The normalized spacial score (nSPS) is 36.0. The second-order valence-electron chi connectivity index (χ2n) is 7.66. The average molecular weight is 316 g/mol. The number of carboxylic acid groups (broad SMARTS) is 1. The van der Waals surface area contributed by atoms with E-state index < -0.39 is 17.5 Å². The lowest BCUT2D eigenvalue weighted by Gasteiger charge is -2.54. The number of ketones is 1. The number of aliphatic hydroxyl groups is 1. The van der Waals surface area contributed by atoms with Crippen molar-refractivity contribution >= 4 is 11.8 Å². The molecule has 4 atom stereocenters. The van der Waals surface area contributed by atoms with Crippen LogP contribution in [-0.4, -0.2) is 22.0 Å². The largest absolute Gasteiger partial charge is 0.481 e. The average Bonchev–Trinajstić information content (AvgIpc) is 2.49. The van der Waals surface area contributed by atoms with Crippen molar-refractivity contribution in [3.63, 3.8) is 0 Å². The lowest BCUT2D eigenvalue weighted by atomic mass is 9.49. The molecule has 0 aromatic heterocycles. The first-order valence-electron chi connectivity index (χ1n) is 8.27. The fourth-order valence-electron chi connectivity index (χ4n) is 4.90. The first kappa shape index (κ1) is 16.2. The summed E-state index contributed by atoms with van der Waals surface area (Å²) in [5, 5.41) is 20.4. The van der Waals surface area contributed by atoms with E-state index in [-0.39, 0.29) is 17.1 Å². The first-order chi connectivity index (χ1) is 10.7. The van der Waals surface area contributed by atoms with E-state index in [4.69, 9.17) is 0 Å². The predicted octanol–water partition coefficient (Wildman–Crippen LogP) is 3.48. The molecule has 1 saturated carbocycles. The second-order valence-corrected chi connectivity index (χ2v) is 7.66. The topological polar surface area (TPSA) is 74.6 Å². The van der Waals surface area contributed by atoms with Crippen molar-refractivity contribution in [2.45, 2.75) is 58.0 Å². The van der Waals surface area contributed by atoms with Crippen LogP contribution in [0.3, 0.4) is 0 Å². The molecule has 1 fully saturated rings. The van der Waals surface area contributed by atoms with Gasteiger partial charge < -0.3 is 10.2 Å². The zero-order valence-corrected chi connectivity index (χ0v) is 13.9. The molecule has 1 aromatic carbocycles. The fourth-order valence-corrected chi connectivity index (χ4v) is 4.90. The summed E-state index contributed by atoms with van der Waals surface area (Å²) in [4.78, 5) is 23.5. The summed E-state index contributed by atoms with van der Waals surface area (Å²) in [7, 11) is 0. The van der Waals surface area contributed by atoms with Crippen LogP contribution in [-0.2, 0) is 10.2 Å². The number of hydrogen-bond donors (Lipinski definition) is 2. The number of carbonyl (C=O) groups is 2. The number of hydrogen-bond acceptors (Lipinski definition) is 3. The Morgan fingerprint density at radius 3 is 2.52 bits per heavy atom. The maximum atomic E-state index is 11.9. The van der Waals surface area contributed by atoms with E-state index in [1.54, 1.807) is 12.1 Å². The minimum atomic E-state index is -0.815. The predicted molar refractivity (Wildman–Crippen MR) is 86.5 cm³/mol. The van der Waals surface area contributed by atoms with Crippen LogP contribution in [0.25, 0.3) is 0 Å². The molecule has 0 saturated heterocycles. The Morgan fingerprint density at radius 1 is 1.22 bits per heavy atom. The summed E-state index contributed by atoms with van der Waals surface area (Å²) in [6.07, 6.45) is 2.16. The van der Waals surface area contributed by atoms with Crippen molar-refractivity contribution in [3.8, 4) is 0 Å². The molecule has 3 rings (SSSR count). The second kappa shape index (κ2) is 5.17. The van der Waals surface area contributed by atoms with E-state index in [1.807, 2.05) is 13.0 Å². The molecular weight excluding hydrogens is 292 g/mol. The molecule has 2 aliphatic rings. The molecule has 0 radical (unpaired) electrons. The smallest absolute Gasteiger partial charge is 0.309 e. The van der Waals surface area contributed by atoms with Crippen LogP contribution in [0, 0.1) is 11.3 Å². The van der Waals surface area contributed by atoms with Crippen LogP contribution < -0.4 is 0 Å². The number of carboxylic acids is 1. The summed E-state index contributed by atoms with van der Waals surface area (Å²) in [6, 6.07) is 5.51. The number of aliphatic carboxylic acids is 1. The van der Waals surface area contributed by atoms with Gasteiger partial charge in [-0.2, -0.15) is 0 Å². The van der Waals surface area contributed by atoms with E-state index in [0.717, 1.165) is 24.0 Å². The quantitative estimate of drug-likeness (QED) is 0.819. The molecule has 2 aliphatic carbocycles. The Balaban J connectivity index is 2.16. The van der Waals surface area contributed by atoms with Gasteiger partial charge in [-0.15, -0.1) is 0 Å². The summed E-state index contributed by atoms with van der Waals surface area (Å²) in [5.74, 6) is -0.900. The van der Waals surface area contributed by atoms with E-state index in [0.29, 0.717) is 18.4 Å². The maximum Gasteiger partial charge on any atom is 0.309 e. The third-order valence-corrected chi connectivity index (χ3v) is 6.31. The van der Waals surface area contributed by atoms with E-state index in [2.05, 4.69) is 6.92 Å². The van der Waals surface area contributed by atoms with Crippen LogP contribution in [0.1, 0.15) is 74.0 Å². The molecule has 2 N–H and O–H groups in total. The molecule has 4 nitrogen and oxygen atoms in total. The van der Waals surface area contributed by atoms with E-state index in [1.165, 1.54) is 6.92 Å². The van der Waals surface area contributed by atoms with Gasteiger partial charge in [-0.1, -0.05) is 25.5 Å². The molecule has 4 heteroatoms. The summed E-state index contributed by atoms with van der Waals surface area (Å²) in [6.45, 7) is 5.46. The van der Waals surface area contributed by atoms with Crippen LogP contribution >= 0.6 is 0 Å². The van der Waals surface area contributed by atoms with Crippen LogP contribution in [0.15, 0.2) is 18.2 Å². The molecule has 0 heterocycles. The van der Waals surface area contributed by atoms with Gasteiger partial charge in [0.2, 0.25) is 0 Å². The highest BCUT2D eigenvalue weighted by Crippen LogP contribution is 2.59. The minimum absolute atomic E-state index is 0.0219. The van der Waals surface area contributed by atoms with Gasteiger partial charge in [0, 0.05) is 5.56 Å². The Hall–Kier alpha value is -1.68.